The largest absolute Gasteiger partial charge is 0.481 e. The number of carboxylic acid groups (broad SMARTS) is 1. The van der Waals surface area contributed by atoms with Gasteiger partial charge in [-0.3, -0.25) is 24.6 Å². The van der Waals surface area contributed by atoms with Crippen molar-refractivity contribution in [3.8, 4) is 0 Å². The zero-order valence-electron chi connectivity index (χ0n) is 9.45. The summed E-state index contributed by atoms with van der Waals surface area (Å²) in [5.74, 6) is -2.57. The summed E-state index contributed by atoms with van der Waals surface area (Å²) in [5, 5.41) is 19.8. The number of rotatable bonds is 3. The number of carbonyl (C=O) groups excluding carboxylic acids is 1. The Kier molecular flexibility index (Phi) is 3.47. The molecule has 1 aromatic rings. The van der Waals surface area contributed by atoms with E-state index in [1.165, 1.54) is 12.3 Å². The highest BCUT2D eigenvalue weighted by Gasteiger charge is 2.38. The number of anilines is 1. The van der Waals surface area contributed by atoms with Crippen molar-refractivity contribution in [2.24, 2.45) is 5.92 Å². The molecule has 2 heterocycles. The van der Waals surface area contributed by atoms with Crippen LogP contribution in [0.5, 0.6) is 0 Å². The van der Waals surface area contributed by atoms with Gasteiger partial charge in [0, 0.05) is 29.7 Å². The molecule has 1 fully saturated rings. The van der Waals surface area contributed by atoms with Crippen LogP contribution in [-0.4, -0.2) is 33.4 Å². The maximum Gasteiger partial charge on any atom is 0.313 e. The van der Waals surface area contributed by atoms with E-state index >= 15 is 0 Å². The van der Waals surface area contributed by atoms with Crippen molar-refractivity contribution in [2.75, 3.05) is 11.4 Å². The van der Waals surface area contributed by atoms with Crippen LogP contribution in [0.25, 0.3) is 0 Å². The summed E-state index contributed by atoms with van der Waals surface area (Å²) in [6, 6.07) is 1.23. The Hall–Kier alpha value is -2.03. The first-order chi connectivity index (χ1) is 8.90. The van der Waals surface area contributed by atoms with Gasteiger partial charge in [-0.25, -0.2) is 4.98 Å². The van der Waals surface area contributed by atoms with Gasteiger partial charge in [0.2, 0.25) is 11.7 Å². The fraction of sp³-hybridized carbons (Fsp3) is 0.300. The van der Waals surface area contributed by atoms with Crippen LogP contribution in [-0.2, 0) is 9.59 Å². The molecule has 0 aliphatic carbocycles. The zero-order chi connectivity index (χ0) is 14.2. The zero-order valence-corrected chi connectivity index (χ0v) is 11.0. The highest BCUT2D eigenvalue weighted by molar-refractivity contribution is 9.10. The van der Waals surface area contributed by atoms with Crippen LogP contribution in [0, 0.1) is 16.0 Å². The summed E-state index contributed by atoms with van der Waals surface area (Å²) in [5.41, 5.74) is -0.339. The lowest BCUT2D eigenvalue weighted by atomic mass is 10.1. The van der Waals surface area contributed by atoms with E-state index in [-0.39, 0.29) is 24.5 Å². The number of hydrogen-bond donors (Lipinski definition) is 1. The number of carboxylic acids is 1. The number of nitrogens with zero attached hydrogens (tertiary/aromatic N) is 3. The Balaban J connectivity index is 2.40. The molecule has 8 nitrogen and oxygen atoms in total. The van der Waals surface area contributed by atoms with Crippen molar-refractivity contribution in [3.05, 3.63) is 26.9 Å². The van der Waals surface area contributed by atoms with Crippen LogP contribution in [0.4, 0.5) is 11.5 Å². The second kappa shape index (κ2) is 4.92. The van der Waals surface area contributed by atoms with Crippen LogP contribution < -0.4 is 4.90 Å². The van der Waals surface area contributed by atoms with Crippen molar-refractivity contribution in [1.29, 1.82) is 0 Å². The minimum atomic E-state index is -1.10. The Morgan fingerprint density at radius 2 is 2.32 bits per heavy atom. The SMILES string of the molecule is O=C(O)C1CC(=O)N(c2ncc(Br)cc2[N+](=O)[O-])C1. The van der Waals surface area contributed by atoms with Crippen LogP contribution in [0.2, 0.25) is 0 Å². The minimum Gasteiger partial charge on any atom is -0.481 e. The van der Waals surface area contributed by atoms with Gasteiger partial charge in [-0.1, -0.05) is 0 Å². The first kappa shape index (κ1) is 13.4. The summed E-state index contributed by atoms with van der Waals surface area (Å²) in [6.45, 7) is -0.108. The highest BCUT2D eigenvalue weighted by Crippen LogP contribution is 2.32. The Bertz CT molecular complexity index is 576. The molecule has 1 aliphatic rings. The molecular formula is C10H8BrN3O5. The van der Waals surface area contributed by atoms with Crippen LogP contribution in [0.3, 0.4) is 0 Å². The lowest BCUT2D eigenvalue weighted by molar-refractivity contribution is -0.384. The normalized spacial score (nSPS) is 18.7. The third-order valence-corrected chi connectivity index (χ3v) is 3.17. The fourth-order valence-electron chi connectivity index (χ4n) is 1.84. The van der Waals surface area contributed by atoms with Gasteiger partial charge in [-0.05, 0) is 15.9 Å². The quantitative estimate of drug-likeness (QED) is 0.658. The first-order valence-corrected chi connectivity index (χ1v) is 6.02. The van der Waals surface area contributed by atoms with Crippen LogP contribution in [0.15, 0.2) is 16.7 Å². The Labute approximate surface area is 115 Å². The van der Waals surface area contributed by atoms with Crippen molar-refractivity contribution in [3.63, 3.8) is 0 Å². The van der Waals surface area contributed by atoms with E-state index in [1.54, 1.807) is 0 Å². The van der Waals surface area contributed by atoms with Gasteiger partial charge in [0.05, 0.1) is 10.8 Å². The Morgan fingerprint density at radius 1 is 1.63 bits per heavy atom. The van der Waals surface area contributed by atoms with E-state index < -0.39 is 22.7 Å². The molecule has 1 amide bonds. The molecule has 1 unspecified atom stereocenters. The molecule has 0 aromatic carbocycles. The Morgan fingerprint density at radius 3 is 2.84 bits per heavy atom. The summed E-state index contributed by atoms with van der Waals surface area (Å²) in [7, 11) is 0. The van der Waals surface area contributed by atoms with E-state index in [4.69, 9.17) is 5.11 Å². The smallest absolute Gasteiger partial charge is 0.313 e. The molecule has 0 saturated carbocycles. The van der Waals surface area contributed by atoms with Crippen molar-refractivity contribution < 1.29 is 19.6 Å². The number of aliphatic carboxylic acids is 1. The minimum absolute atomic E-state index is 0.108. The maximum atomic E-state index is 11.7. The van der Waals surface area contributed by atoms with Gasteiger partial charge >= 0.3 is 11.7 Å². The number of pyridine rings is 1. The lowest BCUT2D eigenvalue weighted by Crippen LogP contribution is -2.27. The predicted octanol–water partition coefficient (Wildman–Crippen LogP) is 1.19. The standard InChI is InChI=1S/C10H8BrN3O5/c11-6-2-7(14(18)19)9(12-3-6)13-4-5(10(16)17)1-8(13)15/h2-3,5H,1,4H2,(H,16,17). The molecule has 1 aromatic heterocycles. The average molecular weight is 330 g/mol. The third kappa shape index (κ3) is 2.55. The third-order valence-electron chi connectivity index (χ3n) is 2.74. The fourth-order valence-corrected chi connectivity index (χ4v) is 2.16. The van der Waals surface area contributed by atoms with E-state index in [0.717, 1.165) is 4.90 Å². The number of nitro groups is 1. The molecule has 2 rings (SSSR count). The molecule has 19 heavy (non-hydrogen) atoms. The summed E-state index contributed by atoms with van der Waals surface area (Å²) >= 11 is 3.06. The van der Waals surface area contributed by atoms with Gasteiger partial charge in [0.1, 0.15) is 0 Å². The highest BCUT2D eigenvalue weighted by atomic mass is 79.9. The summed E-state index contributed by atoms with van der Waals surface area (Å²) in [6.07, 6.45) is 1.15. The topological polar surface area (TPSA) is 114 Å². The molecular weight excluding hydrogens is 322 g/mol. The maximum absolute atomic E-state index is 11.7. The van der Waals surface area contributed by atoms with E-state index in [2.05, 4.69) is 20.9 Å². The molecule has 0 radical (unpaired) electrons. The van der Waals surface area contributed by atoms with E-state index in [9.17, 15) is 19.7 Å². The molecule has 1 saturated heterocycles. The average Bonchev–Trinajstić information content (AvgIpc) is 2.71. The van der Waals surface area contributed by atoms with Gasteiger partial charge < -0.3 is 5.11 Å². The molecule has 9 heteroatoms. The van der Waals surface area contributed by atoms with Gasteiger partial charge in [-0.2, -0.15) is 0 Å². The van der Waals surface area contributed by atoms with E-state index in [1.807, 2.05) is 0 Å². The summed E-state index contributed by atoms with van der Waals surface area (Å²) in [4.78, 5) is 37.8. The van der Waals surface area contributed by atoms with Crippen molar-refractivity contribution >= 4 is 39.3 Å². The number of hydrogen-bond acceptors (Lipinski definition) is 5. The first-order valence-electron chi connectivity index (χ1n) is 5.23. The van der Waals surface area contributed by atoms with Gasteiger partial charge in [0.15, 0.2) is 0 Å². The molecule has 1 aliphatic heterocycles. The molecule has 0 bridgehead atoms. The molecule has 1 atom stereocenters. The second-order valence-electron chi connectivity index (χ2n) is 4.00. The van der Waals surface area contributed by atoms with Crippen LogP contribution >= 0.6 is 15.9 Å². The van der Waals surface area contributed by atoms with Crippen molar-refractivity contribution in [1.82, 2.24) is 4.98 Å². The number of halogens is 1. The number of carbonyl (C=O) groups is 2. The number of aromatic nitrogens is 1. The van der Waals surface area contributed by atoms with Gasteiger partial charge in [0.25, 0.3) is 0 Å². The molecule has 1 N–H and O–H groups in total. The predicted molar refractivity (Wildman–Crippen MR) is 66.7 cm³/mol. The monoisotopic (exact) mass is 329 g/mol. The number of amides is 1. The van der Waals surface area contributed by atoms with E-state index in [0.29, 0.717) is 4.47 Å². The molecule has 100 valence electrons. The van der Waals surface area contributed by atoms with Crippen LogP contribution in [0.1, 0.15) is 6.42 Å². The second-order valence-corrected chi connectivity index (χ2v) is 4.91. The lowest BCUT2D eigenvalue weighted by Gasteiger charge is -2.14. The summed E-state index contributed by atoms with van der Waals surface area (Å²) < 4.78 is 0.407. The molecule has 0 spiro atoms. The van der Waals surface area contributed by atoms with Crippen molar-refractivity contribution in [2.45, 2.75) is 6.42 Å². The van der Waals surface area contributed by atoms with Gasteiger partial charge in [-0.15, -0.1) is 0 Å².